The number of benzene rings is 2. The number of nitrogens with one attached hydrogen (secondary N) is 2. The minimum Gasteiger partial charge on any atom is -0.480 e. The molecule has 1 amide bonds. The van der Waals surface area contributed by atoms with Crippen molar-refractivity contribution in [3.8, 4) is 0 Å². The van der Waals surface area contributed by atoms with Gasteiger partial charge in [-0.2, -0.15) is 0 Å². The SMILES string of the molecule is O=C(NC(Cc1ccc(N2CC(c3ccc4c(n3)NCCC4)C2)cc1)C(=O)O)c1c(Cl)cccc1Cl. The van der Waals surface area contributed by atoms with Crippen LogP contribution in [0, 0.1) is 0 Å². The first-order chi connectivity index (χ1) is 17.4. The van der Waals surface area contributed by atoms with Gasteiger partial charge in [0.2, 0.25) is 0 Å². The van der Waals surface area contributed by atoms with Gasteiger partial charge in [0.25, 0.3) is 5.91 Å². The van der Waals surface area contributed by atoms with E-state index < -0.39 is 17.9 Å². The Labute approximate surface area is 219 Å². The fourth-order valence-electron chi connectivity index (χ4n) is 4.67. The van der Waals surface area contributed by atoms with Gasteiger partial charge in [0.15, 0.2) is 0 Å². The summed E-state index contributed by atoms with van der Waals surface area (Å²) in [6, 6.07) is 15.7. The number of carboxylic acid groups (broad SMARTS) is 1. The van der Waals surface area contributed by atoms with Crippen LogP contribution >= 0.6 is 23.2 Å². The zero-order chi connectivity index (χ0) is 25.2. The standard InChI is InChI=1S/C27H26Cl2N4O3/c28-20-4-1-5-21(29)24(20)26(34)32-23(27(35)36)13-16-6-9-19(10-7-16)33-14-18(15-33)22-11-8-17-3-2-12-30-25(17)31-22/h1,4-11,18,23H,2-3,12-15H2,(H,30,31)(H,32,34)(H,35,36). The van der Waals surface area contributed by atoms with E-state index in [9.17, 15) is 14.7 Å². The van der Waals surface area contributed by atoms with Crippen molar-refractivity contribution < 1.29 is 14.7 Å². The predicted molar refractivity (Wildman–Crippen MR) is 141 cm³/mol. The molecule has 1 atom stereocenters. The van der Waals surface area contributed by atoms with Crippen LogP contribution in [0.2, 0.25) is 10.0 Å². The van der Waals surface area contributed by atoms with Crippen LogP contribution in [0.15, 0.2) is 54.6 Å². The second-order valence-corrected chi connectivity index (χ2v) is 10.0. The number of halogens is 2. The number of carbonyl (C=O) groups is 2. The Morgan fingerprint density at radius 1 is 1.08 bits per heavy atom. The van der Waals surface area contributed by atoms with Crippen LogP contribution < -0.4 is 15.5 Å². The van der Waals surface area contributed by atoms with Crippen molar-refractivity contribution in [3.05, 3.63) is 87.0 Å². The van der Waals surface area contributed by atoms with Crippen molar-refractivity contribution in [2.24, 2.45) is 0 Å². The molecule has 5 rings (SSSR count). The molecule has 1 fully saturated rings. The molecule has 36 heavy (non-hydrogen) atoms. The Bertz CT molecular complexity index is 1270. The first kappa shape index (κ1) is 24.4. The molecule has 3 heterocycles. The second kappa shape index (κ2) is 10.4. The number of amides is 1. The summed E-state index contributed by atoms with van der Waals surface area (Å²) in [5.41, 5.74) is 4.36. The molecule has 0 aliphatic carbocycles. The molecule has 2 aliphatic rings. The number of hydrogen-bond donors (Lipinski definition) is 3. The smallest absolute Gasteiger partial charge is 0.326 e. The van der Waals surface area contributed by atoms with Gasteiger partial charge < -0.3 is 20.6 Å². The van der Waals surface area contributed by atoms with Gasteiger partial charge in [-0.05, 0) is 54.3 Å². The molecule has 7 nitrogen and oxygen atoms in total. The van der Waals surface area contributed by atoms with Crippen molar-refractivity contribution >= 4 is 46.6 Å². The van der Waals surface area contributed by atoms with Crippen molar-refractivity contribution in [2.75, 3.05) is 29.9 Å². The zero-order valence-electron chi connectivity index (χ0n) is 19.5. The molecule has 0 radical (unpaired) electrons. The van der Waals surface area contributed by atoms with Gasteiger partial charge in [0, 0.05) is 43.4 Å². The molecular formula is C27H26Cl2N4O3. The molecule has 0 bridgehead atoms. The van der Waals surface area contributed by atoms with E-state index in [2.05, 4.69) is 27.7 Å². The number of nitrogens with zero attached hydrogens (tertiary/aromatic N) is 2. The van der Waals surface area contributed by atoms with E-state index in [1.807, 2.05) is 24.3 Å². The number of anilines is 2. The molecule has 3 N–H and O–H groups in total. The minimum atomic E-state index is -1.13. The first-order valence-electron chi connectivity index (χ1n) is 11.9. The highest BCUT2D eigenvalue weighted by Crippen LogP contribution is 2.33. The van der Waals surface area contributed by atoms with Gasteiger partial charge in [-0.25, -0.2) is 9.78 Å². The summed E-state index contributed by atoms with van der Waals surface area (Å²) in [6.07, 6.45) is 2.37. The topological polar surface area (TPSA) is 94.6 Å². The predicted octanol–water partition coefficient (Wildman–Crippen LogP) is 4.78. The van der Waals surface area contributed by atoms with Crippen LogP contribution in [-0.2, 0) is 17.6 Å². The molecule has 2 aliphatic heterocycles. The highest BCUT2D eigenvalue weighted by Gasteiger charge is 2.30. The number of pyridine rings is 1. The number of aromatic nitrogens is 1. The number of aliphatic carboxylic acids is 1. The van der Waals surface area contributed by atoms with E-state index in [0.717, 1.165) is 55.2 Å². The van der Waals surface area contributed by atoms with Crippen molar-refractivity contribution in [1.82, 2.24) is 10.3 Å². The third kappa shape index (κ3) is 5.13. The maximum atomic E-state index is 12.6. The lowest BCUT2D eigenvalue weighted by Gasteiger charge is -2.41. The molecular weight excluding hydrogens is 499 g/mol. The largest absolute Gasteiger partial charge is 0.480 e. The number of fused-ring (bicyclic) bond motifs is 1. The molecule has 3 aromatic rings. The van der Waals surface area contributed by atoms with E-state index in [0.29, 0.717) is 5.92 Å². The maximum Gasteiger partial charge on any atom is 0.326 e. The Hall–Kier alpha value is -3.29. The van der Waals surface area contributed by atoms with E-state index in [1.54, 1.807) is 6.07 Å². The Kier molecular flexibility index (Phi) is 7.03. The van der Waals surface area contributed by atoms with Crippen molar-refractivity contribution in [2.45, 2.75) is 31.2 Å². The fraction of sp³-hybridized carbons (Fsp3) is 0.296. The number of hydrogen-bond acceptors (Lipinski definition) is 5. The van der Waals surface area contributed by atoms with Gasteiger partial charge >= 0.3 is 5.97 Å². The molecule has 9 heteroatoms. The summed E-state index contributed by atoms with van der Waals surface area (Å²) in [5, 5.41) is 15.9. The van der Waals surface area contributed by atoms with Crippen LogP contribution in [0.3, 0.4) is 0 Å². The second-order valence-electron chi connectivity index (χ2n) is 9.21. The normalized spacial score (nSPS) is 15.9. The maximum absolute atomic E-state index is 12.6. The van der Waals surface area contributed by atoms with E-state index >= 15 is 0 Å². The van der Waals surface area contributed by atoms with Crippen LogP contribution in [0.4, 0.5) is 11.5 Å². The van der Waals surface area contributed by atoms with Gasteiger partial charge in [0.05, 0.1) is 15.6 Å². The summed E-state index contributed by atoms with van der Waals surface area (Å²) < 4.78 is 0. The molecule has 186 valence electrons. The third-order valence-corrected chi connectivity index (χ3v) is 7.38. The van der Waals surface area contributed by atoms with Gasteiger partial charge in [-0.15, -0.1) is 0 Å². The Morgan fingerprint density at radius 2 is 1.81 bits per heavy atom. The summed E-state index contributed by atoms with van der Waals surface area (Å²) in [7, 11) is 0. The quantitative estimate of drug-likeness (QED) is 0.411. The van der Waals surface area contributed by atoms with Crippen molar-refractivity contribution in [3.63, 3.8) is 0 Å². The van der Waals surface area contributed by atoms with E-state index in [-0.39, 0.29) is 22.0 Å². The van der Waals surface area contributed by atoms with Crippen LogP contribution in [0.5, 0.6) is 0 Å². The average molecular weight is 525 g/mol. The summed E-state index contributed by atoms with van der Waals surface area (Å²) in [4.78, 5) is 31.6. The van der Waals surface area contributed by atoms with Crippen LogP contribution in [-0.4, -0.2) is 47.6 Å². The highest BCUT2D eigenvalue weighted by molar-refractivity contribution is 6.39. The summed E-state index contributed by atoms with van der Waals surface area (Å²) >= 11 is 12.2. The average Bonchev–Trinajstić information content (AvgIpc) is 2.83. The molecule has 2 aromatic carbocycles. The highest BCUT2D eigenvalue weighted by atomic mass is 35.5. The summed E-state index contributed by atoms with van der Waals surface area (Å²) in [5.74, 6) is -0.333. The zero-order valence-corrected chi connectivity index (χ0v) is 21.0. The molecule has 1 aromatic heterocycles. The van der Waals surface area contributed by atoms with Crippen LogP contribution in [0.1, 0.15) is 39.5 Å². The number of carboxylic acids is 1. The summed E-state index contributed by atoms with van der Waals surface area (Å²) in [6.45, 7) is 2.75. The lowest BCUT2D eigenvalue weighted by Crippen LogP contribution is -2.45. The first-order valence-corrected chi connectivity index (χ1v) is 12.7. The van der Waals surface area contributed by atoms with Crippen LogP contribution in [0.25, 0.3) is 0 Å². The van der Waals surface area contributed by atoms with Gasteiger partial charge in [0.1, 0.15) is 11.9 Å². The van der Waals surface area contributed by atoms with Gasteiger partial charge in [-0.1, -0.05) is 47.5 Å². The Balaban J connectivity index is 1.19. The minimum absolute atomic E-state index is 0.0685. The molecule has 1 saturated heterocycles. The number of aryl methyl sites for hydroxylation is 1. The number of carbonyl (C=O) groups excluding carboxylic acids is 1. The lowest BCUT2D eigenvalue weighted by atomic mass is 9.93. The third-order valence-electron chi connectivity index (χ3n) is 6.75. The Morgan fingerprint density at radius 3 is 2.50 bits per heavy atom. The van der Waals surface area contributed by atoms with Crippen molar-refractivity contribution in [1.29, 1.82) is 0 Å². The van der Waals surface area contributed by atoms with Gasteiger partial charge in [-0.3, -0.25) is 4.79 Å². The monoisotopic (exact) mass is 524 g/mol. The van der Waals surface area contributed by atoms with E-state index in [1.165, 1.54) is 17.7 Å². The molecule has 0 saturated carbocycles. The molecule has 1 unspecified atom stereocenters. The fourth-order valence-corrected chi connectivity index (χ4v) is 5.24. The molecule has 0 spiro atoms. The lowest BCUT2D eigenvalue weighted by molar-refractivity contribution is -0.139. The van der Waals surface area contributed by atoms with E-state index in [4.69, 9.17) is 28.2 Å². The number of rotatable bonds is 7.